The number of para-hydroxylation sites is 1. The van der Waals surface area contributed by atoms with E-state index in [0.29, 0.717) is 16.5 Å². The van der Waals surface area contributed by atoms with Gasteiger partial charge in [-0.05, 0) is 18.2 Å². The largest absolute Gasteiger partial charge is 0.272 e. The predicted octanol–water partition coefficient (Wildman–Crippen LogP) is 4.22. The average molecular weight is 476 g/mol. The number of nitrogens with zero attached hydrogens (tertiary/aromatic N) is 5. The van der Waals surface area contributed by atoms with Gasteiger partial charge in [-0.2, -0.15) is 5.10 Å². The molecule has 1 aromatic heterocycles. The maximum absolute atomic E-state index is 13.6. The van der Waals surface area contributed by atoms with Gasteiger partial charge in [0.1, 0.15) is 5.82 Å². The van der Waals surface area contributed by atoms with Gasteiger partial charge in [-0.15, -0.1) is 10.2 Å². The number of nitro groups is 1. The minimum absolute atomic E-state index is 0.0332. The quantitative estimate of drug-likeness (QED) is 0.176. The van der Waals surface area contributed by atoms with Crippen LogP contribution in [-0.4, -0.2) is 37.6 Å². The van der Waals surface area contributed by atoms with Gasteiger partial charge in [-0.1, -0.05) is 60.3 Å². The number of carbonyl (C=O) groups excluding carboxylic acids is 1. The van der Waals surface area contributed by atoms with Gasteiger partial charge in [0.05, 0.1) is 16.9 Å². The first kappa shape index (κ1) is 22.8. The Balaban J connectivity index is 1.54. The fourth-order valence-corrected chi connectivity index (χ4v) is 3.78. The minimum Gasteiger partial charge on any atom is -0.272 e. The van der Waals surface area contributed by atoms with E-state index in [1.54, 1.807) is 28.8 Å². The van der Waals surface area contributed by atoms with E-state index < -0.39 is 16.6 Å². The molecule has 170 valence electrons. The number of halogens is 1. The van der Waals surface area contributed by atoms with Crippen molar-refractivity contribution in [3.63, 3.8) is 0 Å². The zero-order valence-electron chi connectivity index (χ0n) is 17.5. The van der Waals surface area contributed by atoms with E-state index in [4.69, 9.17) is 0 Å². The number of hydrogen-bond donors (Lipinski definition) is 1. The van der Waals surface area contributed by atoms with Gasteiger partial charge in [0.25, 0.3) is 11.6 Å². The lowest BCUT2D eigenvalue weighted by Gasteiger charge is -2.10. The Kier molecular flexibility index (Phi) is 7.04. The van der Waals surface area contributed by atoms with Gasteiger partial charge < -0.3 is 0 Å². The number of thioether (sulfide) groups is 1. The average Bonchev–Trinajstić information content (AvgIpc) is 3.28. The maximum atomic E-state index is 13.6. The summed E-state index contributed by atoms with van der Waals surface area (Å²) in [5.41, 5.74) is 3.78. The van der Waals surface area contributed by atoms with Crippen molar-refractivity contribution in [2.45, 2.75) is 5.16 Å². The molecule has 9 nitrogen and oxygen atoms in total. The molecular weight excluding hydrogens is 459 g/mol. The van der Waals surface area contributed by atoms with E-state index in [0.717, 1.165) is 17.4 Å². The van der Waals surface area contributed by atoms with Crippen LogP contribution in [0.25, 0.3) is 17.1 Å². The summed E-state index contributed by atoms with van der Waals surface area (Å²) in [6.45, 7) is 0. The van der Waals surface area contributed by atoms with Crippen molar-refractivity contribution in [1.29, 1.82) is 0 Å². The zero-order chi connectivity index (χ0) is 23.9. The van der Waals surface area contributed by atoms with E-state index in [9.17, 15) is 19.3 Å². The lowest BCUT2D eigenvalue weighted by molar-refractivity contribution is -0.384. The highest BCUT2D eigenvalue weighted by Gasteiger charge is 2.19. The van der Waals surface area contributed by atoms with E-state index in [2.05, 4.69) is 20.7 Å². The highest BCUT2D eigenvalue weighted by Crippen LogP contribution is 2.29. The SMILES string of the molecule is O=C(CSc1nnc(-c2cccc([N+](=O)[O-])c2)n1-c1ccccc1)N/N=C\c1ccccc1F. The van der Waals surface area contributed by atoms with Crippen LogP contribution in [0.4, 0.5) is 10.1 Å². The molecule has 0 fully saturated rings. The normalized spacial score (nSPS) is 11.0. The first-order chi connectivity index (χ1) is 16.5. The molecule has 3 aromatic carbocycles. The lowest BCUT2D eigenvalue weighted by atomic mass is 10.2. The van der Waals surface area contributed by atoms with Crippen molar-refractivity contribution in [2.75, 3.05) is 5.75 Å². The second-order valence-electron chi connectivity index (χ2n) is 6.89. The first-order valence-corrected chi connectivity index (χ1v) is 11.0. The van der Waals surface area contributed by atoms with Crippen LogP contribution < -0.4 is 5.43 Å². The summed E-state index contributed by atoms with van der Waals surface area (Å²) in [5, 5.41) is 23.8. The third-order valence-electron chi connectivity index (χ3n) is 4.59. The smallest absolute Gasteiger partial charge is 0.270 e. The summed E-state index contributed by atoms with van der Waals surface area (Å²) >= 11 is 1.12. The monoisotopic (exact) mass is 476 g/mol. The molecule has 1 N–H and O–H groups in total. The van der Waals surface area contributed by atoms with Crippen molar-refractivity contribution in [1.82, 2.24) is 20.2 Å². The molecule has 0 saturated carbocycles. The number of carbonyl (C=O) groups is 1. The van der Waals surface area contributed by atoms with Crippen LogP contribution >= 0.6 is 11.8 Å². The molecule has 0 saturated heterocycles. The number of benzene rings is 3. The summed E-state index contributed by atoms with van der Waals surface area (Å²) in [5.74, 6) is -0.499. The zero-order valence-corrected chi connectivity index (χ0v) is 18.4. The number of nitro benzene ring substituents is 1. The number of hydrogen-bond acceptors (Lipinski definition) is 7. The van der Waals surface area contributed by atoms with E-state index in [1.165, 1.54) is 30.5 Å². The molecule has 1 amide bonds. The van der Waals surface area contributed by atoms with Crippen molar-refractivity contribution < 1.29 is 14.1 Å². The molecule has 0 aliphatic rings. The second-order valence-corrected chi connectivity index (χ2v) is 7.83. The van der Waals surface area contributed by atoms with Crippen LogP contribution in [0.15, 0.2) is 89.1 Å². The van der Waals surface area contributed by atoms with Crippen molar-refractivity contribution in [2.24, 2.45) is 5.10 Å². The molecule has 0 aliphatic carbocycles. The lowest BCUT2D eigenvalue weighted by Crippen LogP contribution is -2.20. The number of nitrogens with one attached hydrogen (secondary N) is 1. The van der Waals surface area contributed by atoms with Crippen LogP contribution in [0.1, 0.15) is 5.56 Å². The van der Waals surface area contributed by atoms with Crippen molar-refractivity contribution in [3.8, 4) is 17.1 Å². The van der Waals surface area contributed by atoms with Crippen LogP contribution in [0, 0.1) is 15.9 Å². The Morgan fingerprint density at radius 3 is 2.62 bits per heavy atom. The molecule has 4 rings (SSSR count). The molecule has 11 heteroatoms. The summed E-state index contributed by atoms with van der Waals surface area (Å²) in [7, 11) is 0. The van der Waals surface area contributed by atoms with E-state index >= 15 is 0 Å². The number of hydrazone groups is 1. The molecule has 34 heavy (non-hydrogen) atoms. The maximum Gasteiger partial charge on any atom is 0.270 e. The number of amides is 1. The molecule has 1 heterocycles. The Morgan fingerprint density at radius 1 is 1.09 bits per heavy atom. The standard InChI is InChI=1S/C23H17FN6O3S/c24-20-12-5-4-7-17(20)14-25-26-21(31)15-34-23-28-27-22(29(23)18-9-2-1-3-10-18)16-8-6-11-19(13-16)30(32)33/h1-14H,15H2,(H,26,31)/b25-14-. The highest BCUT2D eigenvalue weighted by molar-refractivity contribution is 7.99. The van der Waals surface area contributed by atoms with Crippen molar-refractivity contribution in [3.05, 3.63) is 100 Å². The van der Waals surface area contributed by atoms with Gasteiger partial charge in [0, 0.05) is 28.9 Å². The molecule has 0 radical (unpaired) electrons. The minimum atomic E-state index is -0.478. The van der Waals surface area contributed by atoms with Gasteiger partial charge in [0.15, 0.2) is 11.0 Å². The molecular formula is C23H17FN6O3S. The molecule has 0 atom stereocenters. The fraction of sp³-hybridized carbons (Fsp3) is 0.0435. The van der Waals surface area contributed by atoms with Gasteiger partial charge in [0.2, 0.25) is 0 Å². The summed E-state index contributed by atoms with van der Waals surface area (Å²) < 4.78 is 15.4. The first-order valence-electron chi connectivity index (χ1n) is 9.98. The Bertz CT molecular complexity index is 1360. The van der Waals surface area contributed by atoms with Gasteiger partial charge >= 0.3 is 0 Å². The third kappa shape index (κ3) is 5.33. The fourth-order valence-electron chi connectivity index (χ4n) is 3.03. The number of non-ortho nitro benzene ring substituents is 1. The summed E-state index contributed by atoms with van der Waals surface area (Å²) in [6, 6.07) is 21.4. The van der Waals surface area contributed by atoms with E-state index in [1.807, 2.05) is 30.3 Å². The van der Waals surface area contributed by atoms with Gasteiger partial charge in [-0.3, -0.25) is 19.5 Å². The van der Waals surface area contributed by atoms with Crippen LogP contribution in [0.2, 0.25) is 0 Å². The Hall–Kier alpha value is -4.38. The Morgan fingerprint density at radius 2 is 1.85 bits per heavy atom. The van der Waals surface area contributed by atoms with Crippen LogP contribution in [-0.2, 0) is 4.79 Å². The molecule has 0 spiro atoms. The van der Waals surface area contributed by atoms with Gasteiger partial charge in [-0.25, -0.2) is 9.82 Å². The summed E-state index contributed by atoms with van der Waals surface area (Å²) in [6.07, 6.45) is 1.23. The second kappa shape index (κ2) is 10.5. The van der Waals surface area contributed by atoms with Crippen molar-refractivity contribution >= 4 is 29.6 Å². The predicted molar refractivity (Wildman–Crippen MR) is 126 cm³/mol. The van der Waals surface area contributed by atoms with E-state index in [-0.39, 0.29) is 17.0 Å². The number of rotatable bonds is 8. The van der Waals surface area contributed by atoms with Crippen LogP contribution in [0.3, 0.4) is 0 Å². The number of aromatic nitrogens is 3. The third-order valence-corrected chi connectivity index (χ3v) is 5.52. The summed E-state index contributed by atoms with van der Waals surface area (Å²) in [4.78, 5) is 23.0. The topological polar surface area (TPSA) is 115 Å². The molecule has 4 aromatic rings. The molecule has 0 unspecified atom stereocenters. The molecule has 0 aliphatic heterocycles. The Labute approximate surface area is 197 Å². The highest BCUT2D eigenvalue weighted by atomic mass is 32.2. The molecule has 0 bridgehead atoms. The van der Waals surface area contributed by atoms with Crippen LogP contribution in [0.5, 0.6) is 0 Å².